The van der Waals surface area contributed by atoms with E-state index in [0.717, 1.165) is 39.1 Å². The van der Waals surface area contributed by atoms with Crippen molar-refractivity contribution >= 4 is 22.3 Å². The zero-order valence-corrected chi connectivity index (χ0v) is 18.1. The number of nitrogens with zero attached hydrogens (tertiary/aromatic N) is 8. The highest BCUT2D eigenvalue weighted by atomic mass is 16.6. The number of rotatable bonds is 6. The molecule has 4 aromatic heterocycles. The van der Waals surface area contributed by atoms with Crippen LogP contribution in [0, 0.1) is 0 Å². The quantitative estimate of drug-likeness (QED) is 0.305. The van der Waals surface area contributed by atoms with Crippen LogP contribution in [0.4, 0.5) is 0 Å². The van der Waals surface area contributed by atoms with Crippen molar-refractivity contribution in [3.8, 4) is 11.1 Å². The van der Waals surface area contributed by atoms with Gasteiger partial charge >= 0.3 is 0 Å². The van der Waals surface area contributed by atoms with Crippen LogP contribution in [0.25, 0.3) is 27.7 Å². The van der Waals surface area contributed by atoms with Crippen LogP contribution in [-0.2, 0) is 18.3 Å². The number of aryl methyl sites for hydroxylation is 1. The minimum Gasteiger partial charge on any atom is -0.396 e. The molecule has 0 amide bonds. The van der Waals surface area contributed by atoms with Crippen molar-refractivity contribution in [2.45, 2.75) is 20.3 Å². The smallest absolute Gasteiger partial charge is 0.177 e. The van der Waals surface area contributed by atoms with Crippen molar-refractivity contribution in [2.24, 2.45) is 12.2 Å². The third-order valence-electron chi connectivity index (χ3n) is 5.17. The summed E-state index contributed by atoms with van der Waals surface area (Å²) in [5, 5.41) is 22.7. The third-order valence-corrected chi connectivity index (χ3v) is 5.17. The van der Waals surface area contributed by atoms with E-state index in [2.05, 4.69) is 48.7 Å². The van der Waals surface area contributed by atoms with Crippen LogP contribution in [0.3, 0.4) is 0 Å². The zero-order valence-electron chi connectivity index (χ0n) is 18.1. The van der Waals surface area contributed by atoms with Gasteiger partial charge in [0.05, 0.1) is 11.7 Å². The molecule has 5 aromatic rings. The van der Waals surface area contributed by atoms with Crippen LogP contribution in [-0.4, -0.2) is 46.9 Å². The van der Waals surface area contributed by atoms with Crippen molar-refractivity contribution in [1.82, 2.24) is 34.6 Å². The Morgan fingerprint density at radius 1 is 1.06 bits per heavy atom. The molecule has 0 unspecified atom stereocenters. The van der Waals surface area contributed by atoms with Gasteiger partial charge in [-0.25, -0.2) is 0 Å². The Kier molecular flexibility index (Phi) is 5.06. The lowest BCUT2D eigenvalue weighted by Gasteiger charge is -2.05. The second-order valence-electron chi connectivity index (χ2n) is 7.53. The molecule has 0 aliphatic rings. The summed E-state index contributed by atoms with van der Waals surface area (Å²) in [5.74, 6) is 0.752. The van der Waals surface area contributed by atoms with Gasteiger partial charge in [-0.15, -0.1) is 10.2 Å². The van der Waals surface area contributed by atoms with E-state index in [1.54, 1.807) is 9.20 Å². The molecule has 160 valence electrons. The number of fused-ring (bicyclic) bond motifs is 2. The molecule has 0 saturated carbocycles. The Hall–Kier alpha value is -4.14. The molecular formula is C23H22N8O. The lowest BCUT2D eigenvalue weighted by Crippen LogP contribution is -2.07. The molecule has 0 radical (unpaired) electrons. The first kappa shape index (κ1) is 19.8. The molecule has 4 heterocycles. The van der Waals surface area contributed by atoms with E-state index in [1.165, 1.54) is 0 Å². The predicted molar refractivity (Wildman–Crippen MR) is 121 cm³/mol. The number of aromatic nitrogens is 7. The Bertz CT molecular complexity index is 1450. The molecule has 0 bridgehead atoms. The lowest BCUT2D eigenvalue weighted by atomic mass is 10.0. The summed E-state index contributed by atoms with van der Waals surface area (Å²) < 4.78 is 3.54. The van der Waals surface area contributed by atoms with E-state index in [9.17, 15) is 0 Å². The van der Waals surface area contributed by atoms with Crippen molar-refractivity contribution in [1.29, 1.82) is 0 Å². The minimum atomic E-state index is 0.511. The summed E-state index contributed by atoms with van der Waals surface area (Å²) in [5.41, 5.74) is 6.22. The summed E-state index contributed by atoms with van der Waals surface area (Å²) in [7, 11) is 1.91. The highest BCUT2D eigenvalue weighted by Gasteiger charge is 2.11. The molecule has 0 N–H and O–H groups in total. The maximum atomic E-state index is 5.15. The van der Waals surface area contributed by atoms with Gasteiger partial charge in [-0.05, 0) is 49.7 Å². The third kappa shape index (κ3) is 3.80. The van der Waals surface area contributed by atoms with Gasteiger partial charge in [0.25, 0.3) is 0 Å². The Morgan fingerprint density at radius 3 is 2.78 bits per heavy atom. The van der Waals surface area contributed by atoms with E-state index in [0.29, 0.717) is 24.4 Å². The Balaban J connectivity index is 1.48. The van der Waals surface area contributed by atoms with Crippen LogP contribution in [0.5, 0.6) is 0 Å². The first-order valence-electron chi connectivity index (χ1n) is 10.4. The van der Waals surface area contributed by atoms with Crippen molar-refractivity contribution in [3.05, 3.63) is 72.1 Å². The zero-order chi connectivity index (χ0) is 22.1. The lowest BCUT2D eigenvalue weighted by molar-refractivity contribution is 0.159. The van der Waals surface area contributed by atoms with Gasteiger partial charge in [0.15, 0.2) is 11.5 Å². The van der Waals surface area contributed by atoms with Crippen molar-refractivity contribution in [2.75, 3.05) is 6.61 Å². The fraction of sp³-hybridized carbons (Fsp3) is 0.217. The molecular weight excluding hydrogens is 404 g/mol. The van der Waals surface area contributed by atoms with Gasteiger partial charge in [-0.2, -0.15) is 14.7 Å². The van der Waals surface area contributed by atoms with E-state index in [4.69, 9.17) is 4.84 Å². The summed E-state index contributed by atoms with van der Waals surface area (Å²) in [4.78, 5) is 9.75. The largest absolute Gasteiger partial charge is 0.396 e. The molecule has 0 saturated heterocycles. The highest BCUT2D eigenvalue weighted by Crippen LogP contribution is 2.23. The SMILES string of the molecule is CCO/N=C(\C)c1ccc2nnc(Cc3ccc4ncc(-c5cnn(C)c5)cc4c3)n2n1. The average molecular weight is 426 g/mol. The standard InChI is InChI=1S/C23H22N8O/c1-4-32-29-15(2)20-7-8-22-26-27-23(31(22)28-20)10-16-5-6-21-17(9-16)11-18(12-24-21)19-13-25-30(3)14-19/h5-9,11-14H,4,10H2,1-3H3/b29-15+. The monoisotopic (exact) mass is 426 g/mol. The second kappa shape index (κ2) is 8.18. The molecule has 0 aliphatic heterocycles. The van der Waals surface area contributed by atoms with Gasteiger partial charge in [0, 0.05) is 42.4 Å². The summed E-state index contributed by atoms with van der Waals surface area (Å²) in [6.45, 7) is 4.27. The van der Waals surface area contributed by atoms with Gasteiger partial charge in [0.1, 0.15) is 18.0 Å². The fourth-order valence-electron chi connectivity index (χ4n) is 3.55. The highest BCUT2D eigenvalue weighted by molar-refractivity contribution is 5.96. The van der Waals surface area contributed by atoms with Crippen LogP contribution in [0.2, 0.25) is 0 Å². The topological polar surface area (TPSA) is 95.4 Å². The molecule has 9 heteroatoms. The van der Waals surface area contributed by atoms with E-state index >= 15 is 0 Å². The number of hydrogen-bond acceptors (Lipinski definition) is 7. The first-order valence-corrected chi connectivity index (χ1v) is 10.4. The van der Waals surface area contributed by atoms with E-state index in [-0.39, 0.29) is 0 Å². The molecule has 0 spiro atoms. The van der Waals surface area contributed by atoms with E-state index in [1.807, 2.05) is 57.7 Å². The van der Waals surface area contributed by atoms with Crippen molar-refractivity contribution < 1.29 is 4.84 Å². The van der Waals surface area contributed by atoms with Gasteiger partial charge < -0.3 is 4.84 Å². The molecule has 0 aliphatic carbocycles. The molecule has 5 rings (SSSR count). The normalized spacial score (nSPS) is 12.0. The summed E-state index contributed by atoms with van der Waals surface area (Å²) in [6.07, 6.45) is 6.29. The Labute approximate surface area is 184 Å². The number of hydrogen-bond donors (Lipinski definition) is 0. The number of benzene rings is 1. The Morgan fingerprint density at radius 2 is 1.97 bits per heavy atom. The van der Waals surface area contributed by atoms with Gasteiger partial charge in [-0.1, -0.05) is 11.2 Å². The maximum absolute atomic E-state index is 5.15. The number of oxime groups is 1. The van der Waals surface area contributed by atoms with Crippen LogP contribution in [0.15, 0.2) is 60.1 Å². The predicted octanol–water partition coefficient (Wildman–Crippen LogP) is 3.42. The van der Waals surface area contributed by atoms with Crippen molar-refractivity contribution in [3.63, 3.8) is 0 Å². The molecule has 1 aromatic carbocycles. The summed E-state index contributed by atoms with van der Waals surface area (Å²) >= 11 is 0. The maximum Gasteiger partial charge on any atom is 0.177 e. The minimum absolute atomic E-state index is 0.511. The number of pyridine rings is 1. The molecule has 0 fully saturated rings. The fourth-order valence-corrected chi connectivity index (χ4v) is 3.55. The summed E-state index contributed by atoms with van der Waals surface area (Å²) in [6, 6.07) is 12.1. The van der Waals surface area contributed by atoms with Gasteiger partial charge in [-0.3, -0.25) is 9.67 Å². The first-order chi connectivity index (χ1) is 15.6. The van der Waals surface area contributed by atoms with Gasteiger partial charge in [0.2, 0.25) is 0 Å². The second-order valence-corrected chi connectivity index (χ2v) is 7.53. The van der Waals surface area contributed by atoms with Crippen LogP contribution in [0.1, 0.15) is 30.9 Å². The van der Waals surface area contributed by atoms with E-state index < -0.39 is 0 Å². The molecule has 32 heavy (non-hydrogen) atoms. The molecule has 9 nitrogen and oxygen atoms in total. The van der Waals surface area contributed by atoms with Crippen LogP contribution < -0.4 is 0 Å². The van der Waals surface area contributed by atoms with Crippen LogP contribution >= 0.6 is 0 Å². The average Bonchev–Trinajstić information content (AvgIpc) is 3.43. The molecule has 0 atom stereocenters.